The molecule has 0 aliphatic rings. The van der Waals surface area contributed by atoms with E-state index in [1.807, 2.05) is 0 Å². The largest absolute Gasteiger partial charge is 0.366 e. The molecular formula is C12H11N3O4S. The van der Waals surface area contributed by atoms with Crippen molar-refractivity contribution >= 4 is 21.6 Å². The van der Waals surface area contributed by atoms with Gasteiger partial charge in [-0.25, -0.2) is 8.42 Å². The SMILES string of the molecule is NC(=O)c1cccc(NS(=O)(=O)c2ccc(=O)[nH]c2)c1. The van der Waals surface area contributed by atoms with Gasteiger partial charge in [0, 0.05) is 23.5 Å². The van der Waals surface area contributed by atoms with Crippen LogP contribution in [0.4, 0.5) is 5.69 Å². The van der Waals surface area contributed by atoms with Crippen LogP contribution in [-0.2, 0) is 10.0 Å². The molecule has 0 atom stereocenters. The van der Waals surface area contributed by atoms with Gasteiger partial charge in [0.05, 0.1) is 0 Å². The summed E-state index contributed by atoms with van der Waals surface area (Å²) in [4.78, 5) is 24.1. The van der Waals surface area contributed by atoms with E-state index >= 15 is 0 Å². The maximum Gasteiger partial charge on any atom is 0.263 e. The zero-order valence-electron chi connectivity index (χ0n) is 10.2. The molecule has 0 radical (unpaired) electrons. The molecule has 0 spiro atoms. The lowest BCUT2D eigenvalue weighted by molar-refractivity contribution is 0.100. The monoisotopic (exact) mass is 293 g/mol. The second-order valence-corrected chi connectivity index (χ2v) is 5.62. The standard InChI is InChI=1S/C12H11N3O4S/c13-12(17)8-2-1-3-9(6-8)15-20(18,19)10-4-5-11(16)14-7-10/h1-7,15H,(H2,13,17)(H,14,16). The Labute approximate surface area is 114 Å². The molecule has 104 valence electrons. The lowest BCUT2D eigenvalue weighted by Gasteiger charge is -2.08. The molecule has 1 aromatic carbocycles. The number of primary amides is 1. The number of hydrogen-bond acceptors (Lipinski definition) is 4. The van der Waals surface area contributed by atoms with Crippen molar-refractivity contribution in [1.82, 2.24) is 4.98 Å². The maximum absolute atomic E-state index is 12.0. The molecular weight excluding hydrogens is 282 g/mol. The third-order valence-corrected chi connectivity index (χ3v) is 3.84. The first-order valence-corrected chi connectivity index (χ1v) is 6.98. The number of sulfonamides is 1. The lowest BCUT2D eigenvalue weighted by Crippen LogP contribution is -2.16. The van der Waals surface area contributed by atoms with Crippen LogP contribution in [0.1, 0.15) is 10.4 Å². The Balaban J connectivity index is 2.33. The van der Waals surface area contributed by atoms with E-state index in [1.54, 1.807) is 0 Å². The van der Waals surface area contributed by atoms with Crippen LogP contribution in [0, 0.1) is 0 Å². The van der Waals surface area contributed by atoms with Crippen molar-refractivity contribution in [1.29, 1.82) is 0 Å². The number of H-pyrrole nitrogens is 1. The van der Waals surface area contributed by atoms with Crippen molar-refractivity contribution < 1.29 is 13.2 Å². The molecule has 1 aromatic heterocycles. The summed E-state index contributed by atoms with van der Waals surface area (Å²) in [7, 11) is -3.84. The molecule has 2 rings (SSSR count). The van der Waals surface area contributed by atoms with Crippen molar-refractivity contribution in [3.8, 4) is 0 Å². The van der Waals surface area contributed by atoms with Crippen LogP contribution in [0.25, 0.3) is 0 Å². The summed E-state index contributed by atoms with van der Waals surface area (Å²) in [6.07, 6.45) is 1.09. The molecule has 0 saturated carbocycles. The Kier molecular flexibility index (Phi) is 3.57. The van der Waals surface area contributed by atoms with E-state index in [0.717, 1.165) is 12.3 Å². The van der Waals surface area contributed by atoms with Crippen molar-refractivity contribution in [2.75, 3.05) is 4.72 Å². The maximum atomic E-state index is 12.0. The Morgan fingerprint density at radius 3 is 2.55 bits per heavy atom. The Morgan fingerprint density at radius 1 is 1.20 bits per heavy atom. The minimum Gasteiger partial charge on any atom is -0.366 e. The molecule has 4 N–H and O–H groups in total. The fourth-order valence-electron chi connectivity index (χ4n) is 1.51. The fourth-order valence-corrected chi connectivity index (χ4v) is 2.53. The fraction of sp³-hybridized carbons (Fsp3) is 0. The summed E-state index contributed by atoms with van der Waals surface area (Å²) < 4.78 is 26.4. The molecule has 7 nitrogen and oxygen atoms in total. The number of carbonyl (C=O) groups is 1. The van der Waals surface area contributed by atoms with Crippen LogP contribution in [0.5, 0.6) is 0 Å². The highest BCUT2D eigenvalue weighted by atomic mass is 32.2. The molecule has 0 unspecified atom stereocenters. The molecule has 2 aromatic rings. The van der Waals surface area contributed by atoms with Gasteiger partial charge >= 0.3 is 0 Å². The number of anilines is 1. The molecule has 0 aliphatic carbocycles. The first-order chi connectivity index (χ1) is 9.38. The predicted octanol–water partition coefficient (Wildman–Crippen LogP) is 0.275. The number of carbonyl (C=O) groups excluding carboxylic acids is 1. The van der Waals surface area contributed by atoms with Gasteiger partial charge < -0.3 is 10.7 Å². The van der Waals surface area contributed by atoms with E-state index in [9.17, 15) is 18.0 Å². The van der Waals surface area contributed by atoms with Crippen LogP contribution >= 0.6 is 0 Å². The molecule has 1 heterocycles. The van der Waals surface area contributed by atoms with Crippen LogP contribution in [0.15, 0.2) is 52.3 Å². The second-order valence-electron chi connectivity index (χ2n) is 3.94. The van der Waals surface area contributed by atoms with Crippen molar-refractivity contribution in [3.63, 3.8) is 0 Å². The number of aromatic amines is 1. The van der Waals surface area contributed by atoms with Crippen molar-refractivity contribution in [2.45, 2.75) is 4.90 Å². The minimum atomic E-state index is -3.84. The van der Waals surface area contributed by atoms with Gasteiger partial charge in [0.2, 0.25) is 11.5 Å². The van der Waals surface area contributed by atoms with Crippen LogP contribution in [-0.4, -0.2) is 19.3 Å². The summed E-state index contributed by atoms with van der Waals surface area (Å²) in [6, 6.07) is 8.07. The van der Waals surface area contributed by atoms with E-state index in [0.29, 0.717) is 0 Å². The summed E-state index contributed by atoms with van der Waals surface area (Å²) >= 11 is 0. The van der Waals surface area contributed by atoms with Crippen molar-refractivity contribution in [2.24, 2.45) is 5.73 Å². The third-order valence-electron chi connectivity index (χ3n) is 2.47. The van der Waals surface area contributed by atoms with E-state index in [2.05, 4.69) is 9.71 Å². The number of aromatic nitrogens is 1. The first kappa shape index (κ1) is 13.8. The first-order valence-electron chi connectivity index (χ1n) is 5.50. The topological polar surface area (TPSA) is 122 Å². The average molecular weight is 293 g/mol. The van der Waals surface area contributed by atoms with E-state index < -0.39 is 21.5 Å². The Hall–Kier alpha value is -2.61. The van der Waals surface area contributed by atoms with E-state index in [4.69, 9.17) is 5.73 Å². The van der Waals surface area contributed by atoms with Gasteiger partial charge in [0.1, 0.15) is 4.90 Å². The molecule has 0 saturated heterocycles. The van der Waals surface area contributed by atoms with Gasteiger partial charge in [-0.3, -0.25) is 14.3 Å². The highest BCUT2D eigenvalue weighted by molar-refractivity contribution is 7.92. The predicted molar refractivity (Wildman–Crippen MR) is 72.8 cm³/mol. The highest BCUT2D eigenvalue weighted by Gasteiger charge is 2.14. The summed E-state index contributed by atoms with van der Waals surface area (Å²) in [5.41, 5.74) is 5.10. The number of benzene rings is 1. The van der Waals surface area contributed by atoms with Gasteiger partial charge in [0.25, 0.3) is 10.0 Å². The Bertz CT molecular complexity index is 791. The van der Waals surface area contributed by atoms with Gasteiger partial charge in [-0.2, -0.15) is 0 Å². The van der Waals surface area contributed by atoms with Crippen LogP contribution < -0.4 is 16.0 Å². The molecule has 0 aliphatic heterocycles. The molecule has 20 heavy (non-hydrogen) atoms. The quantitative estimate of drug-likeness (QED) is 0.749. The van der Waals surface area contributed by atoms with Crippen LogP contribution in [0.2, 0.25) is 0 Å². The normalized spacial score (nSPS) is 11.0. The second kappa shape index (κ2) is 5.17. The third kappa shape index (κ3) is 3.04. The van der Waals surface area contributed by atoms with Gasteiger partial charge in [-0.05, 0) is 24.3 Å². The van der Waals surface area contributed by atoms with Gasteiger partial charge in [0.15, 0.2) is 0 Å². The highest BCUT2D eigenvalue weighted by Crippen LogP contribution is 2.15. The number of hydrogen-bond donors (Lipinski definition) is 3. The molecule has 0 bridgehead atoms. The van der Waals surface area contributed by atoms with Gasteiger partial charge in [-0.15, -0.1) is 0 Å². The molecule has 0 fully saturated rings. The summed E-state index contributed by atoms with van der Waals surface area (Å²) in [5.74, 6) is -0.657. The average Bonchev–Trinajstić information content (AvgIpc) is 2.39. The molecule has 8 heteroatoms. The lowest BCUT2D eigenvalue weighted by atomic mass is 10.2. The zero-order valence-corrected chi connectivity index (χ0v) is 11.0. The van der Waals surface area contributed by atoms with Gasteiger partial charge in [-0.1, -0.05) is 6.07 Å². The number of rotatable bonds is 4. The summed E-state index contributed by atoms with van der Waals surface area (Å²) in [5, 5.41) is 0. The molecule has 1 amide bonds. The number of amides is 1. The minimum absolute atomic E-state index is 0.0958. The number of nitrogens with one attached hydrogen (secondary N) is 2. The Morgan fingerprint density at radius 2 is 1.95 bits per heavy atom. The zero-order chi connectivity index (χ0) is 14.8. The number of pyridine rings is 1. The number of nitrogens with two attached hydrogens (primary N) is 1. The van der Waals surface area contributed by atoms with E-state index in [-0.39, 0.29) is 16.1 Å². The smallest absolute Gasteiger partial charge is 0.263 e. The van der Waals surface area contributed by atoms with Crippen LogP contribution in [0.3, 0.4) is 0 Å². The van der Waals surface area contributed by atoms with Crippen molar-refractivity contribution in [3.05, 3.63) is 58.5 Å². The van der Waals surface area contributed by atoms with E-state index in [1.165, 1.54) is 30.3 Å². The summed E-state index contributed by atoms with van der Waals surface area (Å²) in [6.45, 7) is 0.